The summed E-state index contributed by atoms with van der Waals surface area (Å²) in [7, 11) is 0. The first-order valence-corrected chi connectivity index (χ1v) is 11.1. The van der Waals surface area contributed by atoms with Gasteiger partial charge >= 0.3 is 0 Å². The lowest BCUT2D eigenvalue weighted by Gasteiger charge is -2.09. The molecule has 0 unspecified atom stereocenters. The van der Waals surface area contributed by atoms with Gasteiger partial charge in [0.05, 0.1) is 6.21 Å². The molecule has 1 aliphatic heterocycles. The van der Waals surface area contributed by atoms with Crippen molar-refractivity contribution in [3.05, 3.63) is 106 Å². The number of benzene rings is 3. The molecule has 0 saturated heterocycles. The molecular formula is C26H20BrN3O4. The molecule has 170 valence electrons. The van der Waals surface area contributed by atoms with Crippen LogP contribution in [-0.4, -0.2) is 24.8 Å². The molecule has 8 heteroatoms. The third-order valence-corrected chi connectivity index (χ3v) is 5.13. The van der Waals surface area contributed by atoms with Gasteiger partial charge in [-0.25, -0.2) is 5.43 Å². The first-order chi connectivity index (χ1) is 16.6. The molecule has 2 amide bonds. The Hall–Kier alpha value is -4.17. The zero-order chi connectivity index (χ0) is 23.8. The van der Waals surface area contributed by atoms with Crippen LogP contribution in [0.25, 0.3) is 12.2 Å². The van der Waals surface area contributed by atoms with Crippen LogP contribution < -0.4 is 20.2 Å². The fourth-order valence-electron chi connectivity index (χ4n) is 3.07. The summed E-state index contributed by atoms with van der Waals surface area (Å²) in [6.45, 7) is 0.140. The molecule has 3 aromatic rings. The minimum absolute atomic E-state index is 0.0213. The Morgan fingerprint density at radius 2 is 1.56 bits per heavy atom. The van der Waals surface area contributed by atoms with Gasteiger partial charge in [0.25, 0.3) is 11.8 Å². The number of hydrogen-bond acceptors (Lipinski definition) is 5. The number of carbonyl (C=O) groups is 2. The van der Waals surface area contributed by atoms with Gasteiger partial charge in [0, 0.05) is 10.0 Å². The second-order valence-corrected chi connectivity index (χ2v) is 8.05. The summed E-state index contributed by atoms with van der Waals surface area (Å²) in [6, 6.07) is 23.5. The van der Waals surface area contributed by atoms with E-state index in [2.05, 4.69) is 31.8 Å². The number of nitrogens with one attached hydrogen (secondary N) is 2. The van der Waals surface area contributed by atoms with Crippen LogP contribution in [0.2, 0.25) is 0 Å². The van der Waals surface area contributed by atoms with Crippen molar-refractivity contribution in [1.82, 2.24) is 10.7 Å². The molecule has 1 heterocycles. The van der Waals surface area contributed by atoms with Crippen molar-refractivity contribution in [2.45, 2.75) is 0 Å². The van der Waals surface area contributed by atoms with E-state index in [0.717, 1.165) is 5.56 Å². The molecule has 0 radical (unpaired) electrons. The van der Waals surface area contributed by atoms with Gasteiger partial charge < -0.3 is 14.8 Å². The van der Waals surface area contributed by atoms with Crippen LogP contribution in [0.3, 0.4) is 0 Å². The van der Waals surface area contributed by atoms with Gasteiger partial charge in [-0.2, -0.15) is 5.10 Å². The maximum atomic E-state index is 12.9. The molecule has 0 aliphatic carbocycles. The molecule has 3 aromatic carbocycles. The number of rotatable bonds is 7. The van der Waals surface area contributed by atoms with Crippen molar-refractivity contribution in [3.63, 3.8) is 0 Å². The summed E-state index contributed by atoms with van der Waals surface area (Å²) in [6.07, 6.45) is 4.86. The number of hydrazone groups is 1. The molecule has 0 atom stereocenters. The minimum Gasteiger partial charge on any atom is -0.454 e. The van der Waals surface area contributed by atoms with E-state index in [-0.39, 0.29) is 12.5 Å². The molecule has 34 heavy (non-hydrogen) atoms. The standard InChI is InChI=1S/C26H20BrN3O4/c27-21(13-18-7-3-1-4-8-18)16-28-30-26(32)22(29-25(31)20-9-5-2-6-10-20)14-19-11-12-23-24(15-19)34-17-33-23/h1-16H,17H2,(H,29,31)(H,30,32). The van der Waals surface area contributed by atoms with E-state index in [1.807, 2.05) is 42.5 Å². The van der Waals surface area contributed by atoms with E-state index >= 15 is 0 Å². The highest BCUT2D eigenvalue weighted by Crippen LogP contribution is 2.33. The van der Waals surface area contributed by atoms with Crippen molar-refractivity contribution < 1.29 is 19.1 Å². The molecule has 4 rings (SSSR count). The maximum Gasteiger partial charge on any atom is 0.287 e. The second kappa shape index (κ2) is 11.1. The number of amides is 2. The molecule has 7 nitrogen and oxygen atoms in total. The Balaban J connectivity index is 1.52. The normalized spacial score (nSPS) is 13.1. The highest BCUT2D eigenvalue weighted by Gasteiger charge is 2.16. The van der Waals surface area contributed by atoms with Crippen molar-refractivity contribution in [2.24, 2.45) is 5.10 Å². The van der Waals surface area contributed by atoms with Crippen molar-refractivity contribution in [1.29, 1.82) is 0 Å². The van der Waals surface area contributed by atoms with E-state index in [9.17, 15) is 9.59 Å². The Kier molecular flexibility index (Phi) is 7.52. The van der Waals surface area contributed by atoms with Crippen molar-refractivity contribution in [2.75, 3.05) is 6.79 Å². The second-order valence-electron chi connectivity index (χ2n) is 7.13. The SMILES string of the molecule is O=C(NN=CC(Br)=Cc1ccccc1)C(=Cc1ccc2c(c1)OCO2)NC(=O)c1ccccc1. The number of ether oxygens (including phenoxy) is 2. The summed E-state index contributed by atoms with van der Waals surface area (Å²) in [5, 5.41) is 6.66. The van der Waals surface area contributed by atoms with E-state index in [0.29, 0.717) is 27.1 Å². The van der Waals surface area contributed by atoms with E-state index in [4.69, 9.17) is 9.47 Å². The van der Waals surface area contributed by atoms with Gasteiger partial charge in [-0.3, -0.25) is 9.59 Å². The van der Waals surface area contributed by atoms with Gasteiger partial charge in [-0.1, -0.05) is 54.6 Å². The van der Waals surface area contributed by atoms with Crippen molar-refractivity contribution in [3.8, 4) is 11.5 Å². The lowest BCUT2D eigenvalue weighted by Crippen LogP contribution is -2.32. The third-order valence-electron chi connectivity index (χ3n) is 4.69. The zero-order valence-electron chi connectivity index (χ0n) is 17.9. The summed E-state index contributed by atoms with van der Waals surface area (Å²) >= 11 is 3.41. The highest BCUT2D eigenvalue weighted by atomic mass is 79.9. The molecule has 0 fully saturated rings. The fraction of sp³-hybridized carbons (Fsp3) is 0.0385. The fourth-order valence-corrected chi connectivity index (χ4v) is 3.44. The van der Waals surface area contributed by atoms with E-state index in [1.165, 1.54) is 6.21 Å². The number of halogens is 1. The van der Waals surface area contributed by atoms with Crippen molar-refractivity contribution >= 4 is 46.1 Å². The molecular weight excluding hydrogens is 498 g/mol. The predicted molar refractivity (Wildman–Crippen MR) is 134 cm³/mol. The Bertz CT molecular complexity index is 1270. The van der Waals surface area contributed by atoms with Gasteiger partial charge in [-0.15, -0.1) is 0 Å². The summed E-state index contributed by atoms with van der Waals surface area (Å²) < 4.78 is 11.4. The Morgan fingerprint density at radius 3 is 2.32 bits per heavy atom. The topological polar surface area (TPSA) is 89.0 Å². The lowest BCUT2D eigenvalue weighted by atomic mass is 10.1. The summed E-state index contributed by atoms with van der Waals surface area (Å²) in [5.74, 6) is 0.183. The van der Waals surface area contributed by atoms with Gasteiger partial charge in [-0.05, 0) is 63.5 Å². The van der Waals surface area contributed by atoms with E-state index in [1.54, 1.807) is 48.5 Å². The van der Waals surface area contributed by atoms with Crippen LogP contribution in [0.4, 0.5) is 0 Å². The molecule has 0 saturated carbocycles. The number of carbonyl (C=O) groups excluding carboxylic acids is 2. The highest BCUT2D eigenvalue weighted by molar-refractivity contribution is 9.12. The molecule has 2 N–H and O–H groups in total. The number of fused-ring (bicyclic) bond motifs is 1. The van der Waals surface area contributed by atoms with Gasteiger partial charge in [0.15, 0.2) is 11.5 Å². The number of nitrogens with zero attached hydrogens (tertiary/aromatic N) is 1. The van der Waals surface area contributed by atoms with Crippen LogP contribution in [0.5, 0.6) is 11.5 Å². The molecule has 0 bridgehead atoms. The first kappa shape index (κ1) is 23.0. The summed E-state index contributed by atoms with van der Waals surface area (Å²) in [5.41, 5.74) is 4.52. The van der Waals surface area contributed by atoms with Crippen LogP contribution in [0.1, 0.15) is 21.5 Å². The van der Waals surface area contributed by atoms with Gasteiger partial charge in [0.2, 0.25) is 6.79 Å². The predicted octanol–water partition coefficient (Wildman–Crippen LogP) is 4.72. The largest absolute Gasteiger partial charge is 0.454 e. The lowest BCUT2D eigenvalue weighted by molar-refractivity contribution is -0.117. The van der Waals surface area contributed by atoms with Crippen LogP contribution in [0.15, 0.2) is 94.1 Å². The van der Waals surface area contributed by atoms with Crippen LogP contribution in [-0.2, 0) is 4.79 Å². The average Bonchev–Trinajstić information content (AvgIpc) is 3.32. The molecule has 1 aliphatic rings. The monoisotopic (exact) mass is 517 g/mol. The zero-order valence-corrected chi connectivity index (χ0v) is 19.5. The molecule has 0 aromatic heterocycles. The third kappa shape index (κ3) is 6.20. The number of hydrogen-bond donors (Lipinski definition) is 2. The van der Waals surface area contributed by atoms with Crippen LogP contribution in [0, 0.1) is 0 Å². The Labute approximate surface area is 204 Å². The van der Waals surface area contributed by atoms with Crippen LogP contribution >= 0.6 is 15.9 Å². The molecule has 0 spiro atoms. The quantitative estimate of drug-likeness (QED) is 0.269. The number of allylic oxidation sites excluding steroid dienone is 1. The average molecular weight is 518 g/mol. The van der Waals surface area contributed by atoms with E-state index < -0.39 is 11.8 Å². The first-order valence-electron chi connectivity index (χ1n) is 10.3. The summed E-state index contributed by atoms with van der Waals surface area (Å²) in [4.78, 5) is 25.6. The Morgan fingerprint density at radius 1 is 0.853 bits per heavy atom. The minimum atomic E-state index is -0.585. The van der Waals surface area contributed by atoms with Gasteiger partial charge in [0.1, 0.15) is 5.70 Å². The maximum absolute atomic E-state index is 12.9. The smallest absolute Gasteiger partial charge is 0.287 e.